The Kier molecular flexibility index (Phi) is 4.33. The zero-order valence-electron chi connectivity index (χ0n) is 12.6. The van der Waals surface area contributed by atoms with Crippen molar-refractivity contribution < 1.29 is 0 Å². The van der Waals surface area contributed by atoms with Gasteiger partial charge in [0.2, 0.25) is 0 Å². The second-order valence-corrected chi connectivity index (χ2v) is 6.33. The van der Waals surface area contributed by atoms with Crippen LogP contribution >= 0.6 is 0 Å². The van der Waals surface area contributed by atoms with Crippen molar-refractivity contribution in [2.75, 3.05) is 33.7 Å². The van der Waals surface area contributed by atoms with Crippen LogP contribution in [-0.2, 0) is 13.1 Å². The molecule has 112 valence electrons. The molecule has 0 bridgehead atoms. The fraction of sp³-hybridized carbons (Fsp3) is 0.857. The molecule has 1 unspecified atom stereocenters. The molecule has 1 atom stereocenters. The van der Waals surface area contributed by atoms with Gasteiger partial charge in [-0.1, -0.05) is 5.21 Å². The molecule has 0 aromatic carbocycles. The molecule has 0 spiro atoms. The molecule has 1 aromatic heterocycles. The topological polar surface area (TPSA) is 49.2 Å². The zero-order chi connectivity index (χ0) is 13.9. The summed E-state index contributed by atoms with van der Waals surface area (Å²) in [5.41, 5.74) is 1.06. The van der Waals surface area contributed by atoms with Gasteiger partial charge in [0.15, 0.2) is 0 Å². The molecule has 6 heteroatoms. The van der Waals surface area contributed by atoms with E-state index in [4.69, 9.17) is 0 Å². The highest BCUT2D eigenvalue weighted by Gasteiger charge is 2.23. The lowest BCUT2D eigenvalue weighted by molar-refractivity contribution is 0.260. The lowest BCUT2D eigenvalue weighted by Crippen LogP contribution is -2.32. The fourth-order valence-electron chi connectivity index (χ4n) is 2.75. The summed E-state index contributed by atoms with van der Waals surface area (Å²) in [7, 11) is 4.34. The Balaban J connectivity index is 1.39. The van der Waals surface area contributed by atoms with Crippen molar-refractivity contribution in [3.05, 3.63) is 11.9 Å². The van der Waals surface area contributed by atoms with Gasteiger partial charge in [0.1, 0.15) is 0 Å². The largest absolute Gasteiger partial charge is 0.308 e. The highest BCUT2D eigenvalue weighted by Crippen LogP contribution is 2.18. The molecule has 1 saturated carbocycles. The van der Waals surface area contributed by atoms with Gasteiger partial charge in [-0.2, -0.15) is 0 Å². The van der Waals surface area contributed by atoms with E-state index in [2.05, 4.69) is 45.7 Å². The predicted molar refractivity (Wildman–Crippen MR) is 78.4 cm³/mol. The molecule has 1 aliphatic carbocycles. The third kappa shape index (κ3) is 3.77. The first-order valence-electron chi connectivity index (χ1n) is 7.72. The molecule has 0 amide bonds. The van der Waals surface area contributed by atoms with E-state index < -0.39 is 0 Å². The Morgan fingerprint density at radius 1 is 1.30 bits per heavy atom. The van der Waals surface area contributed by atoms with Gasteiger partial charge in [-0.15, -0.1) is 5.10 Å². The van der Waals surface area contributed by atoms with E-state index in [0.29, 0.717) is 6.04 Å². The molecule has 1 N–H and O–H groups in total. The Bertz CT molecular complexity index is 425. The Hall–Kier alpha value is -0.980. The van der Waals surface area contributed by atoms with E-state index >= 15 is 0 Å². The first-order chi connectivity index (χ1) is 9.70. The summed E-state index contributed by atoms with van der Waals surface area (Å²) in [6.07, 6.45) is 5.99. The average molecular weight is 278 g/mol. The summed E-state index contributed by atoms with van der Waals surface area (Å²) in [5.74, 6) is 0. The molecule has 3 rings (SSSR count). The molecule has 1 aromatic rings. The normalized spacial score (nSPS) is 23.9. The maximum atomic E-state index is 4.23. The van der Waals surface area contributed by atoms with Gasteiger partial charge in [0, 0.05) is 37.9 Å². The van der Waals surface area contributed by atoms with Crippen molar-refractivity contribution in [3.63, 3.8) is 0 Å². The number of hydrogen-bond donors (Lipinski definition) is 1. The molecule has 2 aliphatic rings. The standard InChI is InChI=1S/C14H26N6/c1-18(2)14-5-6-19(11-14)7-8-20-10-13(16-17-20)9-15-12-3-4-12/h10,12,14-15H,3-9,11H2,1-2H3. The van der Waals surface area contributed by atoms with Crippen molar-refractivity contribution in [3.8, 4) is 0 Å². The van der Waals surface area contributed by atoms with Gasteiger partial charge >= 0.3 is 0 Å². The van der Waals surface area contributed by atoms with Crippen LogP contribution in [0.2, 0.25) is 0 Å². The fourth-order valence-corrected chi connectivity index (χ4v) is 2.75. The SMILES string of the molecule is CN(C)C1CCN(CCn2cc(CNC3CC3)nn2)C1. The first-order valence-corrected chi connectivity index (χ1v) is 7.72. The van der Waals surface area contributed by atoms with Crippen molar-refractivity contribution >= 4 is 0 Å². The molecule has 2 heterocycles. The number of likely N-dealkylation sites (tertiary alicyclic amines) is 1. The van der Waals surface area contributed by atoms with Crippen LogP contribution < -0.4 is 5.32 Å². The first kappa shape index (κ1) is 14.0. The van der Waals surface area contributed by atoms with Crippen LogP contribution in [0.5, 0.6) is 0 Å². The second kappa shape index (κ2) is 6.20. The number of nitrogens with one attached hydrogen (secondary N) is 1. The quantitative estimate of drug-likeness (QED) is 0.770. The van der Waals surface area contributed by atoms with E-state index in [0.717, 1.165) is 31.4 Å². The van der Waals surface area contributed by atoms with Crippen molar-refractivity contribution in [2.24, 2.45) is 0 Å². The predicted octanol–water partition coefficient (Wildman–Crippen LogP) is 0.166. The van der Waals surface area contributed by atoms with E-state index in [1.165, 1.54) is 32.4 Å². The lowest BCUT2D eigenvalue weighted by Gasteiger charge is -2.20. The van der Waals surface area contributed by atoms with Crippen LogP contribution in [0.4, 0.5) is 0 Å². The maximum absolute atomic E-state index is 4.23. The Morgan fingerprint density at radius 2 is 2.15 bits per heavy atom. The van der Waals surface area contributed by atoms with Crippen LogP contribution in [0, 0.1) is 0 Å². The summed E-state index contributed by atoms with van der Waals surface area (Å²) in [6, 6.07) is 1.44. The monoisotopic (exact) mass is 278 g/mol. The highest BCUT2D eigenvalue weighted by atomic mass is 15.4. The van der Waals surface area contributed by atoms with Crippen molar-refractivity contribution in [1.82, 2.24) is 30.1 Å². The molecular weight excluding hydrogens is 252 g/mol. The van der Waals surface area contributed by atoms with Gasteiger partial charge in [-0.25, -0.2) is 0 Å². The minimum atomic E-state index is 0.712. The number of hydrogen-bond acceptors (Lipinski definition) is 5. The summed E-state index contributed by atoms with van der Waals surface area (Å²) in [4.78, 5) is 4.85. The smallest absolute Gasteiger partial charge is 0.0964 e. The molecule has 6 nitrogen and oxygen atoms in total. The van der Waals surface area contributed by atoms with Gasteiger partial charge in [-0.05, 0) is 39.9 Å². The third-order valence-corrected chi connectivity index (χ3v) is 4.36. The van der Waals surface area contributed by atoms with Crippen LogP contribution in [0.25, 0.3) is 0 Å². The summed E-state index contributed by atoms with van der Waals surface area (Å²) in [5, 5.41) is 11.9. The molecule has 2 fully saturated rings. The van der Waals surface area contributed by atoms with Crippen LogP contribution in [0.3, 0.4) is 0 Å². The van der Waals surface area contributed by atoms with Crippen molar-refractivity contribution in [1.29, 1.82) is 0 Å². The second-order valence-electron chi connectivity index (χ2n) is 6.33. The van der Waals surface area contributed by atoms with Gasteiger partial charge in [0.25, 0.3) is 0 Å². The summed E-state index contributed by atoms with van der Waals surface area (Å²) >= 11 is 0. The molecule has 1 saturated heterocycles. The third-order valence-electron chi connectivity index (χ3n) is 4.36. The summed E-state index contributed by atoms with van der Waals surface area (Å²) in [6.45, 7) is 5.25. The molecular formula is C14H26N6. The average Bonchev–Trinajstić information content (AvgIpc) is 2.96. The molecule has 0 radical (unpaired) electrons. The van der Waals surface area contributed by atoms with Crippen LogP contribution in [0.15, 0.2) is 6.20 Å². The van der Waals surface area contributed by atoms with E-state index in [-0.39, 0.29) is 0 Å². The van der Waals surface area contributed by atoms with E-state index in [1.54, 1.807) is 0 Å². The van der Waals surface area contributed by atoms with Crippen LogP contribution in [0.1, 0.15) is 25.0 Å². The minimum Gasteiger partial charge on any atom is -0.308 e. The molecule has 20 heavy (non-hydrogen) atoms. The maximum Gasteiger partial charge on any atom is 0.0964 e. The van der Waals surface area contributed by atoms with Gasteiger partial charge in [0.05, 0.1) is 12.2 Å². The molecule has 1 aliphatic heterocycles. The van der Waals surface area contributed by atoms with Crippen molar-refractivity contribution in [2.45, 2.75) is 44.4 Å². The van der Waals surface area contributed by atoms with Gasteiger partial charge in [-0.3, -0.25) is 9.58 Å². The van der Waals surface area contributed by atoms with E-state index in [1.807, 2.05) is 4.68 Å². The number of likely N-dealkylation sites (N-methyl/N-ethyl adjacent to an activating group) is 1. The minimum absolute atomic E-state index is 0.712. The highest BCUT2D eigenvalue weighted by molar-refractivity contribution is 4.94. The number of aromatic nitrogens is 3. The Morgan fingerprint density at radius 3 is 2.85 bits per heavy atom. The lowest BCUT2D eigenvalue weighted by atomic mass is 10.2. The zero-order valence-corrected chi connectivity index (χ0v) is 12.6. The van der Waals surface area contributed by atoms with Crippen LogP contribution in [-0.4, -0.2) is 70.6 Å². The van der Waals surface area contributed by atoms with E-state index in [9.17, 15) is 0 Å². The Labute approximate surface area is 121 Å². The number of nitrogens with zero attached hydrogens (tertiary/aromatic N) is 5. The van der Waals surface area contributed by atoms with Gasteiger partial charge < -0.3 is 10.2 Å². The number of rotatable bonds is 7. The summed E-state index contributed by atoms with van der Waals surface area (Å²) < 4.78 is 1.98.